The van der Waals surface area contributed by atoms with Crippen molar-refractivity contribution in [3.63, 3.8) is 0 Å². The zero-order valence-corrected chi connectivity index (χ0v) is 18.2. The fourth-order valence-electron chi connectivity index (χ4n) is 3.82. The third-order valence-corrected chi connectivity index (χ3v) is 5.33. The lowest BCUT2D eigenvalue weighted by Crippen LogP contribution is -2.42. The van der Waals surface area contributed by atoms with Crippen molar-refractivity contribution in [3.05, 3.63) is 59.7 Å². The summed E-state index contributed by atoms with van der Waals surface area (Å²) in [5, 5.41) is 11.5. The molecule has 0 aromatic heterocycles. The molecule has 1 aliphatic rings. The lowest BCUT2D eigenvalue weighted by molar-refractivity contribution is -0.148. The molecule has 0 fully saturated rings. The van der Waals surface area contributed by atoms with Crippen molar-refractivity contribution in [2.75, 3.05) is 32.9 Å². The standard InChI is InChI=1S/C24H28N2O6/c1-16(2)26(13-23(28)29)22(27)15-31-12-11-25-24(30)32-14-21-19-9-5-3-7-17(19)18-8-4-6-10-20(18)21/h3-10,16,21H,11-15H2,1-2H3,(H,25,30)(H,28,29). The van der Waals surface area contributed by atoms with Gasteiger partial charge in [-0.05, 0) is 36.1 Å². The van der Waals surface area contributed by atoms with E-state index in [9.17, 15) is 14.4 Å². The predicted octanol–water partition coefficient (Wildman–Crippen LogP) is 2.86. The van der Waals surface area contributed by atoms with Gasteiger partial charge in [-0.3, -0.25) is 9.59 Å². The summed E-state index contributed by atoms with van der Waals surface area (Å²) in [6, 6.07) is 16.0. The van der Waals surface area contributed by atoms with E-state index < -0.39 is 18.0 Å². The molecule has 2 aromatic rings. The second kappa shape index (κ2) is 10.8. The van der Waals surface area contributed by atoms with Gasteiger partial charge in [0.1, 0.15) is 19.8 Å². The van der Waals surface area contributed by atoms with Crippen LogP contribution in [0.4, 0.5) is 4.79 Å². The summed E-state index contributed by atoms with van der Waals surface area (Å²) >= 11 is 0. The van der Waals surface area contributed by atoms with Crippen LogP contribution in [0.5, 0.6) is 0 Å². The quantitative estimate of drug-likeness (QED) is 0.551. The summed E-state index contributed by atoms with van der Waals surface area (Å²) < 4.78 is 10.7. The van der Waals surface area contributed by atoms with Crippen LogP contribution in [0.1, 0.15) is 30.9 Å². The first-order valence-corrected chi connectivity index (χ1v) is 10.6. The summed E-state index contributed by atoms with van der Waals surface area (Å²) in [5.41, 5.74) is 4.60. The van der Waals surface area contributed by atoms with Crippen molar-refractivity contribution in [2.24, 2.45) is 0 Å². The molecule has 170 valence electrons. The molecule has 0 atom stereocenters. The molecule has 0 spiro atoms. The van der Waals surface area contributed by atoms with E-state index in [4.69, 9.17) is 14.6 Å². The molecule has 0 radical (unpaired) electrons. The van der Waals surface area contributed by atoms with E-state index in [0.717, 1.165) is 22.3 Å². The first-order valence-electron chi connectivity index (χ1n) is 10.6. The highest BCUT2D eigenvalue weighted by molar-refractivity contribution is 5.82. The number of aliphatic carboxylic acids is 1. The van der Waals surface area contributed by atoms with Gasteiger partial charge in [0, 0.05) is 18.5 Å². The van der Waals surface area contributed by atoms with Gasteiger partial charge in [-0.25, -0.2) is 4.79 Å². The number of rotatable bonds is 10. The molecule has 3 rings (SSSR count). The van der Waals surface area contributed by atoms with E-state index in [2.05, 4.69) is 29.6 Å². The number of hydrogen-bond donors (Lipinski definition) is 2. The number of carboxylic acids is 1. The molecule has 0 saturated carbocycles. The molecule has 1 aliphatic carbocycles. The van der Waals surface area contributed by atoms with Gasteiger partial charge in [0.2, 0.25) is 5.91 Å². The number of carboxylic acid groups (broad SMARTS) is 1. The average molecular weight is 440 g/mol. The highest BCUT2D eigenvalue weighted by Gasteiger charge is 2.29. The number of carbonyl (C=O) groups is 3. The van der Waals surface area contributed by atoms with Crippen LogP contribution >= 0.6 is 0 Å². The number of benzene rings is 2. The number of ether oxygens (including phenoxy) is 2. The van der Waals surface area contributed by atoms with E-state index in [1.54, 1.807) is 13.8 Å². The zero-order valence-electron chi connectivity index (χ0n) is 18.2. The Kier molecular flexibility index (Phi) is 7.83. The van der Waals surface area contributed by atoms with Gasteiger partial charge in [-0.15, -0.1) is 0 Å². The molecule has 8 nitrogen and oxygen atoms in total. The van der Waals surface area contributed by atoms with Crippen molar-refractivity contribution in [1.29, 1.82) is 0 Å². The maximum absolute atomic E-state index is 12.1. The summed E-state index contributed by atoms with van der Waals surface area (Å²) in [6.07, 6.45) is -0.559. The molecule has 2 N–H and O–H groups in total. The van der Waals surface area contributed by atoms with E-state index in [1.807, 2.05) is 24.3 Å². The fraction of sp³-hybridized carbons (Fsp3) is 0.375. The Morgan fingerprint density at radius 3 is 2.19 bits per heavy atom. The van der Waals surface area contributed by atoms with Crippen LogP contribution in [-0.4, -0.2) is 66.9 Å². The SMILES string of the molecule is CC(C)N(CC(=O)O)C(=O)COCCNC(=O)OCC1c2ccccc2-c2ccccc21. The van der Waals surface area contributed by atoms with Gasteiger partial charge in [0.05, 0.1) is 6.61 Å². The molecule has 2 amide bonds. The third kappa shape index (κ3) is 5.64. The number of nitrogens with zero attached hydrogens (tertiary/aromatic N) is 1. The van der Waals surface area contributed by atoms with Gasteiger partial charge in [0.25, 0.3) is 0 Å². The maximum Gasteiger partial charge on any atom is 0.407 e. The Labute approximate surface area is 187 Å². The Hall–Kier alpha value is -3.39. The summed E-state index contributed by atoms with van der Waals surface area (Å²) in [6.45, 7) is 3.34. The lowest BCUT2D eigenvalue weighted by atomic mass is 9.98. The maximum atomic E-state index is 12.1. The minimum atomic E-state index is -1.08. The summed E-state index contributed by atoms with van der Waals surface area (Å²) in [7, 11) is 0. The minimum absolute atomic E-state index is 0.0155. The Bertz CT molecular complexity index is 929. The van der Waals surface area contributed by atoms with E-state index in [1.165, 1.54) is 4.90 Å². The predicted molar refractivity (Wildman–Crippen MR) is 118 cm³/mol. The van der Waals surface area contributed by atoms with Crippen LogP contribution in [0.3, 0.4) is 0 Å². The normalized spacial score (nSPS) is 12.2. The Morgan fingerprint density at radius 1 is 1.03 bits per heavy atom. The smallest absolute Gasteiger partial charge is 0.407 e. The van der Waals surface area contributed by atoms with Crippen LogP contribution in [0.25, 0.3) is 11.1 Å². The largest absolute Gasteiger partial charge is 0.480 e. The summed E-state index contributed by atoms with van der Waals surface area (Å²) in [5.74, 6) is -1.51. The van der Waals surface area contributed by atoms with E-state index in [-0.39, 0.29) is 44.9 Å². The number of fused-ring (bicyclic) bond motifs is 3. The molecule has 0 heterocycles. The molecule has 0 unspecified atom stereocenters. The van der Waals surface area contributed by atoms with Gasteiger partial charge in [0.15, 0.2) is 0 Å². The van der Waals surface area contributed by atoms with Crippen molar-refractivity contribution < 1.29 is 29.0 Å². The number of hydrogen-bond acceptors (Lipinski definition) is 5. The van der Waals surface area contributed by atoms with Gasteiger partial charge in [-0.1, -0.05) is 48.5 Å². The Morgan fingerprint density at radius 2 is 1.62 bits per heavy atom. The third-order valence-electron chi connectivity index (χ3n) is 5.33. The molecule has 8 heteroatoms. The van der Waals surface area contributed by atoms with Crippen molar-refractivity contribution >= 4 is 18.0 Å². The highest BCUT2D eigenvalue weighted by Crippen LogP contribution is 2.44. The molecule has 2 aromatic carbocycles. The number of nitrogens with one attached hydrogen (secondary N) is 1. The Balaban J connectivity index is 1.41. The lowest BCUT2D eigenvalue weighted by Gasteiger charge is -2.24. The van der Waals surface area contributed by atoms with Crippen LogP contribution in [0, 0.1) is 0 Å². The second-order valence-corrected chi connectivity index (χ2v) is 7.81. The van der Waals surface area contributed by atoms with Crippen molar-refractivity contribution in [1.82, 2.24) is 10.2 Å². The first-order chi connectivity index (χ1) is 15.4. The molecule has 0 bridgehead atoms. The van der Waals surface area contributed by atoms with E-state index >= 15 is 0 Å². The molecule has 32 heavy (non-hydrogen) atoms. The molecular weight excluding hydrogens is 412 g/mol. The number of amides is 2. The monoisotopic (exact) mass is 440 g/mol. The van der Waals surface area contributed by atoms with E-state index in [0.29, 0.717) is 0 Å². The van der Waals surface area contributed by atoms with Crippen LogP contribution < -0.4 is 5.32 Å². The zero-order chi connectivity index (χ0) is 23.1. The fourth-order valence-corrected chi connectivity index (χ4v) is 3.82. The molecule has 0 aliphatic heterocycles. The van der Waals surface area contributed by atoms with Gasteiger partial charge >= 0.3 is 12.1 Å². The summed E-state index contributed by atoms with van der Waals surface area (Å²) in [4.78, 5) is 36.3. The first kappa shape index (κ1) is 23.3. The second-order valence-electron chi connectivity index (χ2n) is 7.81. The van der Waals surface area contributed by atoms with Gasteiger partial charge in [-0.2, -0.15) is 0 Å². The molecule has 0 saturated heterocycles. The topological polar surface area (TPSA) is 105 Å². The van der Waals surface area contributed by atoms with Crippen molar-refractivity contribution in [2.45, 2.75) is 25.8 Å². The minimum Gasteiger partial charge on any atom is -0.480 e. The highest BCUT2D eigenvalue weighted by atomic mass is 16.5. The van der Waals surface area contributed by atoms with Gasteiger partial charge < -0.3 is 24.8 Å². The number of alkyl carbamates (subject to hydrolysis) is 1. The van der Waals surface area contributed by atoms with Crippen molar-refractivity contribution in [3.8, 4) is 11.1 Å². The number of carbonyl (C=O) groups excluding carboxylic acids is 2. The van der Waals surface area contributed by atoms with Crippen LogP contribution in [0.2, 0.25) is 0 Å². The van der Waals surface area contributed by atoms with Crippen LogP contribution in [-0.2, 0) is 19.1 Å². The molecular formula is C24H28N2O6. The van der Waals surface area contributed by atoms with Crippen LogP contribution in [0.15, 0.2) is 48.5 Å². The average Bonchev–Trinajstić information content (AvgIpc) is 3.09.